The molecule has 0 unspecified atom stereocenters. The number of anilines is 2. The molecule has 1 atom stereocenters. The number of nitrogens with two attached hydrogens (primary N) is 1. The van der Waals surface area contributed by atoms with Crippen LogP contribution in [0.4, 0.5) is 11.5 Å². The normalized spacial score (nSPS) is 19.5. The number of carbonyl (C=O) groups is 2. The first kappa shape index (κ1) is 32.3. The summed E-state index contributed by atoms with van der Waals surface area (Å²) in [7, 11) is 1.74. The van der Waals surface area contributed by atoms with Crippen molar-refractivity contribution in [3.8, 4) is 6.07 Å². The first-order valence-corrected chi connectivity index (χ1v) is 16.0. The van der Waals surface area contributed by atoms with Gasteiger partial charge >= 0.3 is 0 Å². The molecule has 2 aromatic carbocycles. The lowest BCUT2D eigenvalue weighted by molar-refractivity contribution is -0.132. The van der Waals surface area contributed by atoms with Crippen LogP contribution >= 0.6 is 0 Å². The minimum Gasteiger partial charge on any atom is -0.397 e. The molecule has 4 heterocycles. The molecule has 1 aromatic heterocycles. The molecule has 0 saturated carbocycles. The number of nitriles is 1. The third-order valence-corrected chi connectivity index (χ3v) is 9.45. The monoisotopic (exact) mass is 642 g/mol. The molecule has 48 heavy (non-hydrogen) atoms. The number of amides is 2. The molecule has 3 aliphatic rings. The van der Waals surface area contributed by atoms with E-state index in [2.05, 4.69) is 32.3 Å². The van der Waals surface area contributed by atoms with Gasteiger partial charge in [-0.15, -0.1) is 0 Å². The number of amidine groups is 1. The number of aliphatic imine (C=N–C) groups is 1. The van der Waals surface area contributed by atoms with E-state index in [0.29, 0.717) is 68.2 Å². The Labute approximate surface area is 279 Å². The SMILES string of the molecule is CN/C=N\C(=N)c1ccc(C2=CCN(C(=O)CN3CC[C@]4(CCN(c5ccc(N)c(C(=N)c6ccc(C#N)cc6)n5)C4=O)C3)CC2)cc1. The molecule has 3 aromatic rings. The highest BCUT2D eigenvalue weighted by Crippen LogP contribution is 2.42. The fraction of sp³-hybridized carbons (Fsp3) is 0.306. The van der Waals surface area contributed by atoms with E-state index < -0.39 is 5.41 Å². The Kier molecular flexibility index (Phi) is 9.14. The van der Waals surface area contributed by atoms with Crippen LogP contribution in [0.3, 0.4) is 0 Å². The van der Waals surface area contributed by atoms with Gasteiger partial charge in [0.15, 0.2) is 5.84 Å². The van der Waals surface area contributed by atoms with Gasteiger partial charge in [-0.05, 0) is 61.2 Å². The van der Waals surface area contributed by atoms with Gasteiger partial charge in [-0.2, -0.15) is 5.26 Å². The number of hydrogen-bond donors (Lipinski definition) is 4. The van der Waals surface area contributed by atoms with Gasteiger partial charge in [-0.3, -0.25) is 30.2 Å². The number of rotatable bonds is 8. The van der Waals surface area contributed by atoms with Crippen molar-refractivity contribution in [2.45, 2.75) is 19.3 Å². The molecule has 2 amide bonds. The first-order valence-electron chi connectivity index (χ1n) is 16.0. The van der Waals surface area contributed by atoms with Crippen LogP contribution in [-0.4, -0.2) is 90.8 Å². The topological polar surface area (TPSA) is 179 Å². The number of nitrogens with zero attached hydrogens (tertiary/aromatic N) is 6. The summed E-state index contributed by atoms with van der Waals surface area (Å²) >= 11 is 0. The Balaban J connectivity index is 1.05. The van der Waals surface area contributed by atoms with Gasteiger partial charge in [0.1, 0.15) is 11.5 Å². The Bertz CT molecular complexity index is 1860. The molecule has 6 rings (SSSR count). The Morgan fingerprint density at radius 2 is 1.79 bits per heavy atom. The molecule has 5 N–H and O–H groups in total. The van der Waals surface area contributed by atoms with Crippen LogP contribution in [0, 0.1) is 27.6 Å². The fourth-order valence-corrected chi connectivity index (χ4v) is 6.66. The summed E-state index contributed by atoms with van der Waals surface area (Å²) < 4.78 is 0. The highest BCUT2D eigenvalue weighted by molar-refractivity contribution is 6.13. The van der Waals surface area contributed by atoms with Crippen molar-refractivity contribution in [2.75, 3.05) is 56.9 Å². The van der Waals surface area contributed by atoms with Crippen molar-refractivity contribution in [1.82, 2.24) is 20.1 Å². The molecule has 244 valence electrons. The zero-order valence-corrected chi connectivity index (χ0v) is 26.9. The van der Waals surface area contributed by atoms with Crippen molar-refractivity contribution in [3.63, 3.8) is 0 Å². The van der Waals surface area contributed by atoms with Gasteiger partial charge in [0.2, 0.25) is 11.8 Å². The lowest BCUT2D eigenvalue weighted by Gasteiger charge is -2.29. The van der Waals surface area contributed by atoms with Crippen molar-refractivity contribution < 1.29 is 9.59 Å². The van der Waals surface area contributed by atoms with E-state index in [4.69, 9.17) is 21.8 Å². The zero-order valence-electron chi connectivity index (χ0n) is 26.9. The van der Waals surface area contributed by atoms with E-state index in [1.165, 1.54) is 11.9 Å². The molecule has 12 heteroatoms. The van der Waals surface area contributed by atoms with Crippen LogP contribution in [0.2, 0.25) is 0 Å². The molecule has 12 nitrogen and oxygen atoms in total. The summed E-state index contributed by atoms with van der Waals surface area (Å²) in [5.74, 6) is 0.697. The highest BCUT2D eigenvalue weighted by Gasteiger charge is 2.51. The second kappa shape index (κ2) is 13.6. The molecule has 1 spiro atoms. The van der Waals surface area contributed by atoms with Crippen molar-refractivity contribution >= 4 is 46.8 Å². The summed E-state index contributed by atoms with van der Waals surface area (Å²) in [4.78, 5) is 41.5. The van der Waals surface area contributed by atoms with Gasteiger partial charge in [-0.1, -0.05) is 42.5 Å². The maximum absolute atomic E-state index is 13.9. The molecular weight excluding hydrogens is 604 g/mol. The van der Waals surface area contributed by atoms with Crippen LogP contribution in [0.15, 0.2) is 71.7 Å². The van der Waals surface area contributed by atoms with Gasteiger partial charge in [0.25, 0.3) is 0 Å². The molecular formula is C36H38N10O2. The summed E-state index contributed by atoms with van der Waals surface area (Å²) in [5.41, 5.74) is 10.5. The van der Waals surface area contributed by atoms with Gasteiger partial charge < -0.3 is 16.0 Å². The minimum atomic E-state index is -0.569. The van der Waals surface area contributed by atoms with Gasteiger partial charge in [-0.25, -0.2) is 9.98 Å². The third-order valence-electron chi connectivity index (χ3n) is 9.45. The molecule has 0 bridgehead atoms. The van der Waals surface area contributed by atoms with Crippen LogP contribution in [0.5, 0.6) is 0 Å². The maximum atomic E-state index is 13.9. The van der Waals surface area contributed by atoms with E-state index in [0.717, 1.165) is 17.5 Å². The van der Waals surface area contributed by atoms with Crippen molar-refractivity contribution in [2.24, 2.45) is 10.4 Å². The third kappa shape index (κ3) is 6.45. The van der Waals surface area contributed by atoms with E-state index in [1.807, 2.05) is 29.2 Å². The average molecular weight is 643 g/mol. The average Bonchev–Trinajstić information content (AvgIpc) is 3.68. The van der Waals surface area contributed by atoms with Gasteiger partial charge in [0.05, 0.1) is 41.3 Å². The molecule has 0 radical (unpaired) electrons. The van der Waals surface area contributed by atoms with Crippen LogP contribution in [0.1, 0.15) is 47.2 Å². The van der Waals surface area contributed by atoms with Crippen molar-refractivity contribution in [1.29, 1.82) is 16.1 Å². The summed E-state index contributed by atoms with van der Waals surface area (Å²) in [6, 6.07) is 19.9. The molecule has 2 saturated heterocycles. The first-order chi connectivity index (χ1) is 23.2. The number of nitrogen functional groups attached to an aromatic ring is 1. The molecule has 3 aliphatic heterocycles. The lowest BCUT2D eigenvalue weighted by atomic mass is 9.85. The van der Waals surface area contributed by atoms with Gasteiger partial charge in [0, 0.05) is 44.4 Å². The second-order valence-electron chi connectivity index (χ2n) is 12.4. The Morgan fingerprint density at radius 3 is 2.48 bits per heavy atom. The number of benzene rings is 2. The summed E-state index contributed by atoms with van der Waals surface area (Å²) in [6.45, 7) is 3.13. The second-order valence-corrected chi connectivity index (χ2v) is 12.4. The number of carbonyl (C=O) groups excluding carboxylic acids is 2. The Morgan fingerprint density at radius 1 is 1.06 bits per heavy atom. The number of likely N-dealkylation sites (tertiary alicyclic amines) is 1. The number of pyridine rings is 1. The standard InChI is InChI=1S/C36H38N10O2/c1-41-23-42-34(40)28-8-6-25(7-9-28)26-12-16-45(17-13-26)31(47)21-44-18-14-36(22-44)15-19-46(35(36)48)30-11-10-29(38)33(43-30)32(39)27-4-2-24(20-37)3-5-27/h2-12,23,39H,13-19,21-22,38H2,1H3,(H2,40,41,42)/t36-/m0/s1. The number of nitrogens with one attached hydrogen (secondary N) is 3. The minimum absolute atomic E-state index is 0.00823. The van der Waals surface area contributed by atoms with Crippen LogP contribution < -0.4 is 16.0 Å². The van der Waals surface area contributed by atoms with Crippen LogP contribution in [0.25, 0.3) is 5.57 Å². The fourth-order valence-electron chi connectivity index (χ4n) is 6.66. The molecule has 2 fully saturated rings. The van der Waals surface area contributed by atoms with Crippen molar-refractivity contribution in [3.05, 3.63) is 94.7 Å². The summed E-state index contributed by atoms with van der Waals surface area (Å²) in [6.07, 6.45) is 5.67. The highest BCUT2D eigenvalue weighted by atomic mass is 16.2. The van der Waals surface area contributed by atoms with E-state index in [9.17, 15) is 9.59 Å². The summed E-state index contributed by atoms with van der Waals surface area (Å²) in [5, 5.41) is 28.6. The predicted octanol–water partition coefficient (Wildman–Crippen LogP) is 3.27. The zero-order chi connectivity index (χ0) is 33.8. The Hall–Kier alpha value is -5.67. The maximum Gasteiger partial charge on any atom is 0.237 e. The van der Waals surface area contributed by atoms with E-state index in [-0.39, 0.29) is 35.6 Å². The largest absolute Gasteiger partial charge is 0.397 e. The predicted molar refractivity (Wildman–Crippen MR) is 186 cm³/mol. The van der Waals surface area contributed by atoms with E-state index >= 15 is 0 Å². The number of hydrogen-bond acceptors (Lipinski definition) is 8. The lowest BCUT2D eigenvalue weighted by Crippen LogP contribution is -2.43. The quantitative estimate of drug-likeness (QED) is 0.215. The number of aromatic nitrogens is 1. The molecule has 0 aliphatic carbocycles. The van der Waals surface area contributed by atoms with E-state index in [1.54, 1.807) is 48.3 Å². The smallest absolute Gasteiger partial charge is 0.237 e. The van der Waals surface area contributed by atoms with Crippen LogP contribution in [-0.2, 0) is 9.59 Å².